The molecule has 2 rings (SSSR count). The lowest BCUT2D eigenvalue weighted by Gasteiger charge is -2.34. The topological polar surface area (TPSA) is 83.7 Å². The van der Waals surface area contributed by atoms with E-state index in [-0.39, 0.29) is 11.4 Å². The number of nitro benzene ring substituents is 1. The summed E-state index contributed by atoms with van der Waals surface area (Å²) in [6.45, 7) is 0.339. The first-order chi connectivity index (χ1) is 9.00. The van der Waals surface area contributed by atoms with E-state index < -0.39 is 22.8 Å². The van der Waals surface area contributed by atoms with Crippen LogP contribution in [0.4, 0.5) is 15.8 Å². The number of benzene rings is 1. The van der Waals surface area contributed by atoms with Crippen LogP contribution in [0.15, 0.2) is 18.2 Å². The molecule has 0 saturated carbocycles. The molecule has 6 nitrogen and oxygen atoms in total. The number of hydrogen-bond acceptors (Lipinski definition) is 5. The van der Waals surface area contributed by atoms with Gasteiger partial charge in [0.2, 0.25) is 0 Å². The van der Waals surface area contributed by atoms with Gasteiger partial charge >= 0.3 is 5.97 Å². The van der Waals surface area contributed by atoms with Crippen molar-refractivity contribution in [3.8, 4) is 0 Å². The van der Waals surface area contributed by atoms with E-state index in [9.17, 15) is 19.3 Å². The minimum absolute atomic E-state index is 0.0256. The molecule has 1 unspecified atom stereocenters. The summed E-state index contributed by atoms with van der Waals surface area (Å²) in [7, 11) is 0. The number of thioether (sulfide) groups is 1. The van der Waals surface area contributed by atoms with Crippen molar-refractivity contribution in [2.75, 3.05) is 23.0 Å². The van der Waals surface area contributed by atoms with Gasteiger partial charge in [-0.25, -0.2) is 9.18 Å². The van der Waals surface area contributed by atoms with Crippen LogP contribution in [0.5, 0.6) is 0 Å². The van der Waals surface area contributed by atoms with Crippen molar-refractivity contribution >= 4 is 29.1 Å². The Morgan fingerprint density at radius 3 is 2.95 bits per heavy atom. The minimum Gasteiger partial charge on any atom is -0.480 e. The summed E-state index contributed by atoms with van der Waals surface area (Å²) >= 11 is 1.46. The molecule has 1 N–H and O–H groups in total. The summed E-state index contributed by atoms with van der Waals surface area (Å²) < 4.78 is 13.3. The van der Waals surface area contributed by atoms with E-state index in [1.54, 1.807) is 0 Å². The fourth-order valence-corrected chi connectivity index (χ4v) is 3.02. The molecule has 0 spiro atoms. The molecule has 1 aliphatic heterocycles. The third-order valence-corrected chi connectivity index (χ3v) is 3.88. The molecular weight excluding hydrogens is 275 g/mol. The van der Waals surface area contributed by atoms with Gasteiger partial charge < -0.3 is 10.0 Å². The number of carboxylic acids is 1. The van der Waals surface area contributed by atoms with E-state index in [1.807, 2.05) is 0 Å². The van der Waals surface area contributed by atoms with E-state index in [4.69, 9.17) is 5.11 Å². The van der Waals surface area contributed by atoms with Crippen molar-refractivity contribution < 1.29 is 19.2 Å². The molecule has 0 aliphatic carbocycles. The fourth-order valence-electron chi connectivity index (χ4n) is 1.98. The summed E-state index contributed by atoms with van der Waals surface area (Å²) in [5.74, 6) is -0.714. The largest absolute Gasteiger partial charge is 0.480 e. The average Bonchev–Trinajstić information content (AvgIpc) is 2.38. The summed E-state index contributed by atoms with van der Waals surface area (Å²) in [5.41, 5.74) is -0.253. The molecule has 1 atom stereocenters. The van der Waals surface area contributed by atoms with Crippen LogP contribution in [0.2, 0.25) is 0 Å². The average molecular weight is 286 g/mol. The van der Waals surface area contributed by atoms with Crippen LogP contribution in [0, 0.1) is 15.9 Å². The molecule has 1 aromatic carbocycles. The van der Waals surface area contributed by atoms with Gasteiger partial charge in [-0.15, -0.1) is 0 Å². The first-order valence-electron chi connectivity index (χ1n) is 5.52. The van der Waals surface area contributed by atoms with Crippen molar-refractivity contribution in [3.63, 3.8) is 0 Å². The molecule has 8 heteroatoms. The van der Waals surface area contributed by atoms with Gasteiger partial charge in [0.25, 0.3) is 5.69 Å². The van der Waals surface area contributed by atoms with Gasteiger partial charge in [-0.3, -0.25) is 10.1 Å². The molecule has 1 fully saturated rings. The Balaban J connectivity index is 2.46. The number of rotatable bonds is 3. The van der Waals surface area contributed by atoms with Crippen molar-refractivity contribution in [1.29, 1.82) is 0 Å². The number of nitrogens with zero attached hydrogens (tertiary/aromatic N) is 2. The van der Waals surface area contributed by atoms with Crippen LogP contribution in [0.1, 0.15) is 0 Å². The van der Waals surface area contributed by atoms with Gasteiger partial charge in [0.05, 0.1) is 4.92 Å². The van der Waals surface area contributed by atoms with E-state index in [1.165, 1.54) is 16.7 Å². The molecule has 19 heavy (non-hydrogen) atoms. The first-order valence-corrected chi connectivity index (χ1v) is 6.67. The monoisotopic (exact) mass is 286 g/mol. The second-order valence-corrected chi connectivity index (χ2v) is 5.16. The molecule has 102 valence electrons. The van der Waals surface area contributed by atoms with Crippen molar-refractivity contribution in [2.24, 2.45) is 0 Å². The van der Waals surface area contributed by atoms with Gasteiger partial charge in [-0.05, 0) is 6.07 Å². The van der Waals surface area contributed by atoms with Crippen LogP contribution in [0.25, 0.3) is 0 Å². The van der Waals surface area contributed by atoms with Crippen LogP contribution in [0.3, 0.4) is 0 Å². The highest BCUT2D eigenvalue weighted by Gasteiger charge is 2.33. The Labute approximate surface area is 112 Å². The Morgan fingerprint density at radius 2 is 2.32 bits per heavy atom. The van der Waals surface area contributed by atoms with Gasteiger partial charge in [0, 0.05) is 30.2 Å². The zero-order valence-electron chi connectivity index (χ0n) is 9.78. The van der Waals surface area contributed by atoms with Crippen LogP contribution >= 0.6 is 11.8 Å². The van der Waals surface area contributed by atoms with Gasteiger partial charge in [-0.1, -0.05) is 0 Å². The van der Waals surface area contributed by atoms with E-state index >= 15 is 0 Å². The first kappa shape index (κ1) is 13.6. The summed E-state index contributed by atoms with van der Waals surface area (Å²) in [6.07, 6.45) is 0. The van der Waals surface area contributed by atoms with Crippen LogP contribution in [-0.4, -0.2) is 40.1 Å². The molecular formula is C11H11FN2O4S. The molecule has 1 saturated heterocycles. The zero-order valence-corrected chi connectivity index (χ0v) is 10.6. The summed E-state index contributed by atoms with van der Waals surface area (Å²) in [5, 5.41) is 20.1. The molecule has 1 aromatic rings. The van der Waals surface area contributed by atoms with E-state index in [2.05, 4.69) is 0 Å². The number of carboxylic acid groups (broad SMARTS) is 1. The van der Waals surface area contributed by atoms with Crippen LogP contribution in [-0.2, 0) is 4.79 Å². The lowest BCUT2D eigenvalue weighted by Crippen LogP contribution is -2.47. The third kappa shape index (κ3) is 2.78. The SMILES string of the molecule is O=C(O)C1CSCCN1c1cc(F)ccc1[N+](=O)[O-]. The van der Waals surface area contributed by atoms with Gasteiger partial charge in [0.1, 0.15) is 17.5 Å². The highest BCUT2D eigenvalue weighted by atomic mass is 32.2. The lowest BCUT2D eigenvalue weighted by atomic mass is 10.2. The van der Waals surface area contributed by atoms with E-state index in [0.29, 0.717) is 18.1 Å². The summed E-state index contributed by atoms with van der Waals surface area (Å²) in [6, 6.07) is 2.20. The number of halogens is 1. The predicted octanol–water partition coefficient (Wildman–Crippen LogP) is 1.74. The number of aliphatic carboxylic acids is 1. The number of anilines is 1. The number of carbonyl (C=O) groups is 1. The maximum Gasteiger partial charge on any atom is 0.327 e. The zero-order chi connectivity index (χ0) is 14.0. The maximum atomic E-state index is 13.3. The second-order valence-electron chi connectivity index (χ2n) is 4.01. The molecule has 0 aromatic heterocycles. The quantitative estimate of drug-likeness (QED) is 0.673. The maximum absolute atomic E-state index is 13.3. The fraction of sp³-hybridized carbons (Fsp3) is 0.364. The Kier molecular flexibility index (Phi) is 3.89. The second kappa shape index (κ2) is 5.43. The highest BCUT2D eigenvalue weighted by Crippen LogP contribution is 2.33. The Bertz CT molecular complexity index is 525. The summed E-state index contributed by atoms with van der Waals surface area (Å²) in [4.78, 5) is 22.9. The van der Waals surface area contributed by atoms with Crippen LogP contribution < -0.4 is 4.90 Å². The standard InChI is InChI=1S/C11H11FN2O4S/c12-7-1-2-8(14(17)18)9(5-7)13-3-4-19-6-10(13)11(15)16/h1-2,5,10H,3-4,6H2,(H,15,16). The minimum atomic E-state index is -1.06. The van der Waals surface area contributed by atoms with Gasteiger partial charge in [-0.2, -0.15) is 11.8 Å². The normalized spacial score (nSPS) is 19.2. The molecule has 1 aliphatic rings. The predicted molar refractivity (Wildman–Crippen MR) is 69.1 cm³/mol. The highest BCUT2D eigenvalue weighted by molar-refractivity contribution is 7.99. The number of nitro groups is 1. The third-order valence-electron chi connectivity index (χ3n) is 2.86. The van der Waals surface area contributed by atoms with Crippen molar-refractivity contribution in [2.45, 2.75) is 6.04 Å². The molecule has 0 radical (unpaired) electrons. The molecule has 0 amide bonds. The lowest BCUT2D eigenvalue weighted by molar-refractivity contribution is -0.384. The van der Waals surface area contributed by atoms with E-state index in [0.717, 1.165) is 18.2 Å². The smallest absolute Gasteiger partial charge is 0.327 e. The van der Waals surface area contributed by atoms with Gasteiger partial charge in [0.15, 0.2) is 0 Å². The van der Waals surface area contributed by atoms with Crippen molar-refractivity contribution in [1.82, 2.24) is 0 Å². The molecule has 1 heterocycles. The Hall–Kier alpha value is -1.83. The Morgan fingerprint density at radius 1 is 1.58 bits per heavy atom. The molecule has 0 bridgehead atoms. The van der Waals surface area contributed by atoms with Crippen molar-refractivity contribution in [3.05, 3.63) is 34.1 Å². The number of hydrogen-bond donors (Lipinski definition) is 1.